The van der Waals surface area contributed by atoms with E-state index < -0.39 is 0 Å². The van der Waals surface area contributed by atoms with Gasteiger partial charge in [-0.3, -0.25) is 9.88 Å². The Morgan fingerprint density at radius 2 is 2.19 bits per heavy atom. The minimum Gasteiger partial charge on any atom is -0.424 e. The van der Waals surface area contributed by atoms with Crippen molar-refractivity contribution in [3.05, 3.63) is 41.4 Å². The monoisotopic (exact) mass is 286 g/mol. The summed E-state index contributed by atoms with van der Waals surface area (Å²) in [4.78, 5) is 6.70. The molecule has 2 heterocycles. The molecule has 21 heavy (non-hydrogen) atoms. The standard InChI is InChI=1S/C16H22N4O/c1-11-5-4-8-17-14(11)9-12(2)20(3)10-15-18-19-16(21-15)13-6-7-13/h4-5,8,12-13H,6-7,9-10H2,1-3H3/t12-/m1/s1. The third-order valence-electron chi connectivity index (χ3n) is 4.15. The normalized spacial score (nSPS) is 16.4. The second-order valence-electron chi connectivity index (χ2n) is 6.04. The number of likely N-dealkylation sites (N-methyl/N-ethyl adjacent to an activating group) is 1. The second-order valence-corrected chi connectivity index (χ2v) is 6.04. The van der Waals surface area contributed by atoms with Crippen LogP contribution in [0.3, 0.4) is 0 Å². The molecule has 0 unspecified atom stereocenters. The number of aryl methyl sites for hydroxylation is 1. The molecule has 5 nitrogen and oxygen atoms in total. The molecule has 112 valence electrons. The lowest BCUT2D eigenvalue weighted by Crippen LogP contribution is -2.31. The van der Waals surface area contributed by atoms with Gasteiger partial charge in [-0.2, -0.15) is 0 Å². The highest BCUT2D eigenvalue weighted by Crippen LogP contribution is 2.39. The first kappa shape index (κ1) is 14.2. The fourth-order valence-corrected chi connectivity index (χ4v) is 2.36. The highest BCUT2D eigenvalue weighted by molar-refractivity contribution is 5.18. The van der Waals surface area contributed by atoms with Crippen molar-refractivity contribution < 1.29 is 4.42 Å². The Morgan fingerprint density at radius 1 is 1.38 bits per heavy atom. The van der Waals surface area contributed by atoms with E-state index in [-0.39, 0.29) is 0 Å². The van der Waals surface area contributed by atoms with Crippen LogP contribution in [0.5, 0.6) is 0 Å². The molecule has 0 aliphatic heterocycles. The average molecular weight is 286 g/mol. The van der Waals surface area contributed by atoms with Crippen LogP contribution in [0.15, 0.2) is 22.7 Å². The van der Waals surface area contributed by atoms with Gasteiger partial charge in [0.1, 0.15) is 0 Å². The molecule has 1 aliphatic rings. The van der Waals surface area contributed by atoms with Gasteiger partial charge in [0.05, 0.1) is 6.54 Å². The van der Waals surface area contributed by atoms with E-state index in [1.54, 1.807) is 0 Å². The van der Waals surface area contributed by atoms with E-state index in [2.05, 4.69) is 47.0 Å². The Morgan fingerprint density at radius 3 is 2.90 bits per heavy atom. The van der Waals surface area contributed by atoms with Gasteiger partial charge in [0.25, 0.3) is 0 Å². The first-order chi connectivity index (χ1) is 10.1. The molecule has 0 radical (unpaired) electrons. The number of pyridine rings is 1. The molecule has 0 bridgehead atoms. The van der Waals surface area contributed by atoms with E-state index in [0.717, 1.165) is 18.0 Å². The summed E-state index contributed by atoms with van der Waals surface area (Å²) in [7, 11) is 2.09. The molecule has 3 rings (SSSR count). The zero-order chi connectivity index (χ0) is 14.8. The Balaban J connectivity index is 1.58. The van der Waals surface area contributed by atoms with E-state index in [4.69, 9.17) is 4.42 Å². The topological polar surface area (TPSA) is 55.1 Å². The summed E-state index contributed by atoms with van der Waals surface area (Å²) >= 11 is 0. The van der Waals surface area contributed by atoms with Crippen LogP contribution in [-0.2, 0) is 13.0 Å². The third kappa shape index (κ3) is 3.47. The number of rotatable bonds is 6. The average Bonchev–Trinajstić information content (AvgIpc) is 3.22. The Kier molecular flexibility index (Phi) is 4.01. The Hall–Kier alpha value is -1.75. The molecule has 1 atom stereocenters. The van der Waals surface area contributed by atoms with Gasteiger partial charge in [0, 0.05) is 30.3 Å². The van der Waals surface area contributed by atoms with Gasteiger partial charge in [-0.05, 0) is 45.4 Å². The van der Waals surface area contributed by atoms with Crippen LogP contribution in [0.2, 0.25) is 0 Å². The van der Waals surface area contributed by atoms with Gasteiger partial charge in [-0.1, -0.05) is 6.07 Å². The molecule has 2 aromatic heterocycles. The Bertz CT molecular complexity index is 606. The van der Waals surface area contributed by atoms with Crippen LogP contribution in [-0.4, -0.2) is 33.2 Å². The molecule has 5 heteroatoms. The summed E-state index contributed by atoms with van der Waals surface area (Å²) < 4.78 is 5.72. The molecular weight excluding hydrogens is 264 g/mol. The molecule has 0 N–H and O–H groups in total. The van der Waals surface area contributed by atoms with Crippen LogP contribution in [0.25, 0.3) is 0 Å². The van der Waals surface area contributed by atoms with E-state index in [9.17, 15) is 0 Å². The molecule has 0 saturated heterocycles. The van der Waals surface area contributed by atoms with Gasteiger partial charge in [-0.15, -0.1) is 10.2 Å². The lowest BCUT2D eigenvalue weighted by atomic mass is 10.1. The number of hydrogen-bond acceptors (Lipinski definition) is 5. The van der Waals surface area contributed by atoms with Gasteiger partial charge < -0.3 is 4.42 Å². The van der Waals surface area contributed by atoms with E-state index in [1.807, 2.05) is 12.3 Å². The molecule has 0 amide bonds. The van der Waals surface area contributed by atoms with Gasteiger partial charge in [0.2, 0.25) is 11.8 Å². The highest BCUT2D eigenvalue weighted by atomic mass is 16.4. The number of nitrogens with zero attached hydrogens (tertiary/aromatic N) is 4. The molecular formula is C16H22N4O. The van der Waals surface area contributed by atoms with E-state index in [0.29, 0.717) is 24.4 Å². The quantitative estimate of drug-likeness (QED) is 0.817. The van der Waals surface area contributed by atoms with Crippen LogP contribution in [0, 0.1) is 6.92 Å². The second kappa shape index (κ2) is 5.93. The predicted molar refractivity (Wildman–Crippen MR) is 79.9 cm³/mol. The minimum absolute atomic E-state index is 0.370. The minimum atomic E-state index is 0.370. The smallest absolute Gasteiger partial charge is 0.230 e. The zero-order valence-electron chi connectivity index (χ0n) is 12.9. The van der Waals surface area contributed by atoms with Crippen molar-refractivity contribution in [1.29, 1.82) is 0 Å². The van der Waals surface area contributed by atoms with Crippen molar-refractivity contribution in [3.8, 4) is 0 Å². The van der Waals surface area contributed by atoms with Gasteiger partial charge >= 0.3 is 0 Å². The molecule has 1 saturated carbocycles. The largest absolute Gasteiger partial charge is 0.424 e. The van der Waals surface area contributed by atoms with Crippen molar-refractivity contribution in [1.82, 2.24) is 20.1 Å². The highest BCUT2D eigenvalue weighted by Gasteiger charge is 2.29. The van der Waals surface area contributed by atoms with Gasteiger partial charge in [0.15, 0.2) is 0 Å². The predicted octanol–water partition coefficient (Wildman–Crippen LogP) is 2.71. The molecule has 0 spiro atoms. The van der Waals surface area contributed by atoms with Crippen LogP contribution in [0.1, 0.15) is 48.7 Å². The van der Waals surface area contributed by atoms with E-state index in [1.165, 1.54) is 18.4 Å². The van der Waals surface area contributed by atoms with Crippen molar-refractivity contribution in [2.24, 2.45) is 0 Å². The van der Waals surface area contributed by atoms with Crippen molar-refractivity contribution in [2.75, 3.05) is 7.05 Å². The summed E-state index contributed by atoms with van der Waals surface area (Å²) in [6.45, 7) is 4.99. The van der Waals surface area contributed by atoms with Crippen molar-refractivity contribution >= 4 is 0 Å². The number of hydrogen-bond donors (Lipinski definition) is 0. The first-order valence-electron chi connectivity index (χ1n) is 7.56. The maximum Gasteiger partial charge on any atom is 0.230 e. The molecule has 1 fully saturated rings. The SMILES string of the molecule is Cc1cccnc1C[C@@H](C)N(C)Cc1nnc(C2CC2)o1. The fourth-order valence-electron chi connectivity index (χ4n) is 2.36. The molecule has 0 aromatic carbocycles. The summed E-state index contributed by atoms with van der Waals surface area (Å²) in [5.41, 5.74) is 2.40. The lowest BCUT2D eigenvalue weighted by Gasteiger charge is -2.23. The molecule has 2 aromatic rings. The zero-order valence-corrected chi connectivity index (χ0v) is 12.9. The van der Waals surface area contributed by atoms with Crippen LogP contribution in [0.4, 0.5) is 0 Å². The molecule has 1 aliphatic carbocycles. The fraction of sp³-hybridized carbons (Fsp3) is 0.562. The summed E-state index contributed by atoms with van der Waals surface area (Å²) in [6, 6.07) is 4.45. The summed E-state index contributed by atoms with van der Waals surface area (Å²) in [5.74, 6) is 2.04. The summed E-state index contributed by atoms with van der Waals surface area (Å²) in [5, 5.41) is 8.28. The maximum absolute atomic E-state index is 5.72. The number of aromatic nitrogens is 3. The van der Waals surface area contributed by atoms with Crippen molar-refractivity contribution in [3.63, 3.8) is 0 Å². The lowest BCUT2D eigenvalue weighted by molar-refractivity contribution is 0.221. The maximum atomic E-state index is 5.72. The first-order valence-corrected chi connectivity index (χ1v) is 7.56. The van der Waals surface area contributed by atoms with Crippen LogP contribution >= 0.6 is 0 Å². The van der Waals surface area contributed by atoms with Crippen molar-refractivity contribution in [2.45, 2.75) is 51.6 Å². The third-order valence-corrected chi connectivity index (χ3v) is 4.15. The Labute approximate surface area is 125 Å². The van der Waals surface area contributed by atoms with Crippen LogP contribution < -0.4 is 0 Å². The summed E-state index contributed by atoms with van der Waals surface area (Å²) in [6.07, 6.45) is 5.15. The van der Waals surface area contributed by atoms with E-state index >= 15 is 0 Å². The van der Waals surface area contributed by atoms with Gasteiger partial charge in [-0.25, -0.2) is 0 Å².